The van der Waals surface area contributed by atoms with Crippen LogP contribution in [-0.2, 0) is 11.8 Å². The summed E-state index contributed by atoms with van der Waals surface area (Å²) in [6.07, 6.45) is 1.06. The van der Waals surface area contributed by atoms with E-state index >= 15 is 0 Å². The van der Waals surface area contributed by atoms with Crippen molar-refractivity contribution in [1.82, 2.24) is 9.55 Å². The fourth-order valence-electron chi connectivity index (χ4n) is 3.52. The minimum atomic E-state index is -0.509. The van der Waals surface area contributed by atoms with E-state index in [1.165, 1.54) is 33.1 Å². The summed E-state index contributed by atoms with van der Waals surface area (Å²) in [5.74, 6) is 1.98. The van der Waals surface area contributed by atoms with Crippen LogP contribution in [0.3, 0.4) is 0 Å². The maximum Gasteiger partial charge on any atom is 0.279 e. The van der Waals surface area contributed by atoms with E-state index in [9.17, 15) is 9.59 Å². The molecule has 0 bridgehead atoms. The van der Waals surface area contributed by atoms with Gasteiger partial charge in [-0.15, -0.1) is 0 Å². The number of methoxy groups -OCH3 is 3. The highest BCUT2D eigenvalue weighted by Crippen LogP contribution is 2.46. The number of carbonyl (C=O) groups excluding carboxylic acids is 1. The van der Waals surface area contributed by atoms with Crippen LogP contribution in [0.4, 0.5) is 5.82 Å². The number of aromatic nitrogens is 2. The zero-order valence-corrected chi connectivity index (χ0v) is 18.0. The molecule has 0 saturated heterocycles. The van der Waals surface area contributed by atoms with E-state index in [-0.39, 0.29) is 17.9 Å². The molecule has 9 heteroatoms. The van der Waals surface area contributed by atoms with Crippen molar-refractivity contribution < 1.29 is 19.0 Å². The van der Waals surface area contributed by atoms with Crippen molar-refractivity contribution in [3.63, 3.8) is 0 Å². The lowest BCUT2D eigenvalue weighted by molar-refractivity contribution is -0.116. The number of nitrogens with one attached hydrogen (secondary N) is 1. The molecular weight excluding hydrogens is 394 g/mol. The molecule has 1 aromatic heterocycles. The number of thioether (sulfide) groups is 1. The minimum absolute atomic E-state index is 0.108. The second kappa shape index (κ2) is 8.77. The first-order valence-corrected chi connectivity index (χ1v) is 10.3. The van der Waals surface area contributed by atoms with Crippen LogP contribution in [0.1, 0.15) is 36.8 Å². The summed E-state index contributed by atoms with van der Waals surface area (Å²) in [7, 11) is 6.38. The fraction of sp³-hybridized carbons (Fsp3) is 0.450. The third-order valence-corrected chi connectivity index (χ3v) is 6.08. The number of anilines is 1. The molecule has 1 N–H and O–H groups in total. The van der Waals surface area contributed by atoms with Gasteiger partial charge in [-0.25, -0.2) is 0 Å². The molecule has 156 valence electrons. The molecular formula is C20H25N3O5S. The minimum Gasteiger partial charge on any atom is -0.493 e. The molecule has 1 unspecified atom stereocenters. The highest BCUT2D eigenvalue weighted by Gasteiger charge is 2.35. The van der Waals surface area contributed by atoms with E-state index in [2.05, 4.69) is 17.2 Å². The number of carbonyl (C=O) groups is 1. The Kier molecular flexibility index (Phi) is 6.36. The van der Waals surface area contributed by atoms with E-state index in [4.69, 9.17) is 14.2 Å². The summed E-state index contributed by atoms with van der Waals surface area (Å²) in [6, 6.07) is 3.54. The largest absolute Gasteiger partial charge is 0.493 e. The van der Waals surface area contributed by atoms with Crippen LogP contribution in [0.5, 0.6) is 17.2 Å². The molecule has 8 nitrogen and oxygen atoms in total. The predicted molar refractivity (Wildman–Crippen MR) is 112 cm³/mol. The lowest BCUT2D eigenvalue weighted by atomic mass is 9.86. The van der Waals surface area contributed by atoms with Gasteiger partial charge in [0.15, 0.2) is 16.7 Å². The quantitative estimate of drug-likeness (QED) is 0.545. The van der Waals surface area contributed by atoms with Crippen molar-refractivity contribution in [2.75, 3.05) is 32.4 Å². The number of hydrogen-bond donors (Lipinski definition) is 1. The first kappa shape index (κ1) is 21.0. The maximum atomic E-state index is 13.0. The number of benzene rings is 1. The summed E-state index contributed by atoms with van der Waals surface area (Å²) in [4.78, 5) is 29.8. The Morgan fingerprint density at radius 1 is 1.17 bits per heavy atom. The Hall–Kier alpha value is -2.68. The summed E-state index contributed by atoms with van der Waals surface area (Å²) < 4.78 is 18.2. The van der Waals surface area contributed by atoms with Crippen LogP contribution >= 0.6 is 11.8 Å². The summed E-state index contributed by atoms with van der Waals surface area (Å²) in [5, 5.41) is 3.43. The van der Waals surface area contributed by atoms with Crippen molar-refractivity contribution in [3.8, 4) is 17.2 Å². The van der Waals surface area contributed by atoms with Crippen LogP contribution in [0.15, 0.2) is 22.1 Å². The molecule has 1 atom stereocenters. The molecule has 1 aliphatic rings. The second-order valence-electron chi connectivity index (χ2n) is 6.60. The Morgan fingerprint density at radius 3 is 2.52 bits per heavy atom. The molecule has 1 aliphatic heterocycles. The molecule has 29 heavy (non-hydrogen) atoms. The Bertz CT molecular complexity index is 989. The van der Waals surface area contributed by atoms with Gasteiger partial charge in [0.1, 0.15) is 5.82 Å². The lowest BCUT2D eigenvalue weighted by Crippen LogP contribution is -2.33. The first-order chi connectivity index (χ1) is 14.0. The van der Waals surface area contributed by atoms with Gasteiger partial charge in [-0.2, -0.15) is 4.98 Å². The van der Waals surface area contributed by atoms with Gasteiger partial charge < -0.3 is 24.1 Å². The van der Waals surface area contributed by atoms with Crippen LogP contribution in [0.2, 0.25) is 0 Å². The smallest absolute Gasteiger partial charge is 0.279 e. The highest BCUT2D eigenvalue weighted by atomic mass is 32.2. The monoisotopic (exact) mass is 419 g/mol. The third-order valence-electron chi connectivity index (χ3n) is 4.85. The van der Waals surface area contributed by atoms with Crippen molar-refractivity contribution >= 4 is 23.5 Å². The van der Waals surface area contributed by atoms with E-state index in [0.717, 1.165) is 12.2 Å². The topological polar surface area (TPSA) is 91.7 Å². The van der Waals surface area contributed by atoms with E-state index < -0.39 is 5.92 Å². The number of nitrogens with zero attached hydrogens (tertiary/aromatic N) is 2. The number of ether oxygens (including phenoxy) is 3. The van der Waals surface area contributed by atoms with Crippen molar-refractivity contribution in [3.05, 3.63) is 33.6 Å². The Balaban J connectivity index is 2.21. The van der Waals surface area contributed by atoms with E-state index in [0.29, 0.717) is 39.3 Å². The number of fused-ring (bicyclic) bond motifs is 1. The zero-order chi connectivity index (χ0) is 21.1. The number of rotatable bonds is 7. The summed E-state index contributed by atoms with van der Waals surface area (Å²) in [5.41, 5.74) is 0.770. The summed E-state index contributed by atoms with van der Waals surface area (Å²) >= 11 is 1.49. The third kappa shape index (κ3) is 3.78. The fourth-order valence-corrected chi connectivity index (χ4v) is 4.34. The van der Waals surface area contributed by atoms with E-state index in [1.54, 1.807) is 23.7 Å². The molecule has 0 spiro atoms. The van der Waals surface area contributed by atoms with Gasteiger partial charge in [0.05, 0.1) is 26.9 Å². The Morgan fingerprint density at radius 2 is 1.90 bits per heavy atom. The molecule has 3 rings (SSSR count). The molecule has 0 aliphatic carbocycles. The SMILES string of the molecule is CCCSc1nc(=O)c2c(n1C)NC(=O)CC2c1ccc(OC)c(OC)c1OC. The molecule has 2 aromatic rings. The van der Waals surface area contributed by atoms with Crippen molar-refractivity contribution in [2.45, 2.75) is 30.8 Å². The lowest BCUT2D eigenvalue weighted by Gasteiger charge is -2.29. The van der Waals surface area contributed by atoms with E-state index in [1.807, 2.05) is 0 Å². The average Bonchev–Trinajstić information content (AvgIpc) is 2.73. The molecule has 0 fully saturated rings. The van der Waals surface area contributed by atoms with Gasteiger partial charge >= 0.3 is 0 Å². The zero-order valence-electron chi connectivity index (χ0n) is 17.2. The maximum absolute atomic E-state index is 13.0. The van der Waals surface area contributed by atoms with Gasteiger partial charge in [0.2, 0.25) is 11.7 Å². The van der Waals surface area contributed by atoms with Gasteiger partial charge in [-0.05, 0) is 12.5 Å². The standard InChI is InChI=1S/C20H25N3O5S/c1-6-9-29-20-22-19(25)15-12(10-14(24)21-18(15)23(20)2)11-7-8-13(26-3)17(28-5)16(11)27-4/h7-8,12H,6,9-10H2,1-5H3,(H,21,24). The normalized spacial score (nSPS) is 15.5. The van der Waals surface area contributed by atoms with Crippen molar-refractivity contribution in [2.24, 2.45) is 7.05 Å². The van der Waals surface area contributed by atoms with Crippen molar-refractivity contribution in [1.29, 1.82) is 0 Å². The molecule has 1 aromatic carbocycles. The molecule has 2 heterocycles. The second-order valence-corrected chi connectivity index (χ2v) is 7.66. The molecule has 0 saturated carbocycles. The first-order valence-electron chi connectivity index (χ1n) is 9.29. The summed E-state index contributed by atoms with van der Waals surface area (Å²) in [6.45, 7) is 2.06. The highest BCUT2D eigenvalue weighted by molar-refractivity contribution is 7.99. The van der Waals surface area contributed by atoms with Gasteiger partial charge in [-0.3, -0.25) is 9.59 Å². The van der Waals surface area contributed by atoms with Crippen LogP contribution in [-0.4, -0.2) is 42.5 Å². The molecule has 1 amide bonds. The molecule has 0 radical (unpaired) electrons. The number of amides is 1. The average molecular weight is 420 g/mol. The van der Waals surface area contributed by atoms with Gasteiger partial charge in [0, 0.05) is 30.7 Å². The van der Waals surface area contributed by atoms with Crippen LogP contribution in [0, 0.1) is 0 Å². The van der Waals surface area contributed by atoms with Crippen LogP contribution < -0.4 is 25.1 Å². The van der Waals surface area contributed by atoms with Gasteiger partial charge in [-0.1, -0.05) is 24.8 Å². The Labute approximate surface area is 173 Å². The van der Waals surface area contributed by atoms with Gasteiger partial charge in [0.25, 0.3) is 5.56 Å². The van der Waals surface area contributed by atoms with Crippen LogP contribution in [0.25, 0.3) is 0 Å². The predicted octanol–water partition coefficient (Wildman–Crippen LogP) is 2.78. The number of hydrogen-bond acceptors (Lipinski definition) is 7.